The summed E-state index contributed by atoms with van der Waals surface area (Å²) in [5, 5.41) is 9.59. The van der Waals surface area contributed by atoms with Crippen LogP contribution in [0.15, 0.2) is 12.2 Å². The number of carbonyl (C=O) groups excluding carboxylic acids is 1. The minimum atomic E-state index is -4.65. The van der Waals surface area contributed by atoms with Gasteiger partial charge in [0.1, 0.15) is 11.7 Å². The van der Waals surface area contributed by atoms with E-state index in [1.807, 2.05) is 13.8 Å². The second kappa shape index (κ2) is 7.22. The number of aliphatic hydroxyl groups excluding tert-OH is 1. The van der Waals surface area contributed by atoms with E-state index in [-0.39, 0.29) is 12.2 Å². The Labute approximate surface area is 117 Å². The molecule has 0 heterocycles. The van der Waals surface area contributed by atoms with Gasteiger partial charge in [-0.15, -0.1) is 0 Å². The molecular formula is C14H23F3O3. The third kappa shape index (κ3) is 5.63. The Morgan fingerprint density at radius 2 is 1.90 bits per heavy atom. The van der Waals surface area contributed by atoms with Crippen molar-refractivity contribution in [3.8, 4) is 0 Å². The molecule has 0 saturated carbocycles. The lowest BCUT2D eigenvalue weighted by Crippen LogP contribution is -2.41. The van der Waals surface area contributed by atoms with Crippen molar-refractivity contribution in [2.24, 2.45) is 11.3 Å². The monoisotopic (exact) mass is 296 g/mol. The number of ether oxygens (including phenoxy) is 1. The summed E-state index contributed by atoms with van der Waals surface area (Å²) >= 11 is 0. The van der Waals surface area contributed by atoms with Crippen LogP contribution in [0.1, 0.15) is 40.5 Å². The molecule has 0 spiro atoms. The Bertz CT molecular complexity index is 339. The van der Waals surface area contributed by atoms with E-state index in [2.05, 4.69) is 6.58 Å². The molecule has 0 radical (unpaired) electrons. The first kappa shape index (κ1) is 19.1. The number of aliphatic hydroxyl groups is 1. The second-order valence-corrected chi connectivity index (χ2v) is 5.82. The molecule has 1 N–H and O–H groups in total. The lowest BCUT2D eigenvalue weighted by atomic mass is 9.83. The van der Waals surface area contributed by atoms with Gasteiger partial charge in [0.15, 0.2) is 6.29 Å². The van der Waals surface area contributed by atoms with E-state index >= 15 is 0 Å². The maximum absolute atomic E-state index is 12.9. The van der Waals surface area contributed by atoms with Crippen LogP contribution in [0.5, 0.6) is 0 Å². The molecule has 0 aliphatic carbocycles. The summed E-state index contributed by atoms with van der Waals surface area (Å²) in [6.07, 6.45) is -7.17. The highest BCUT2D eigenvalue weighted by molar-refractivity contribution is 5.60. The van der Waals surface area contributed by atoms with Gasteiger partial charge >= 0.3 is 6.18 Å². The highest BCUT2D eigenvalue weighted by Crippen LogP contribution is 2.41. The smallest absolute Gasteiger partial charge is 0.364 e. The Balaban J connectivity index is 5.05. The van der Waals surface area contributed by atoms with Crippen LogP contribution in [-0.4, -0.2) is 30.0 Å². The van der Waals surface area contributed by atoms with Crippen LogP contribution < -0.4 is 0 Å². The lowest BCUT2D eigenvalue weighted by molar-refractivity contribution is -0.224. The van der Waals surface area contributed by atoms with Crippen LogP contribution >= 0.6 is 0 Å². The fraction of sp³-hybridized carbons (Fsp3) is 0.786. The topological polar surface area (TPSA) is 46.5 Å². The van der Waals surface area contributed by atoms with Crippen LogP contribution in [0.4, 0.5) is 13.2 Å². The molecule has 0 aromatic heterocycles. The molecule has 0 aliphatic rings. The van der Waals surface area contributed by atoms with Gasteiger partial charge in [-0.3, -0.25) is 0 Å². The molecule has 0 aromatic carbocycles. The Morgan fingerprint density at radius 1 is 1.40 bits per heavy atom. The summed E-state index contributed by atoms with van der Waals surface area (Å²) in [6.45, 7) is 9.49. The van der Waals surface area contributed by atoms with E-state index in [0.717, 1.165) is 6.92 Å². The van der Waals surface area contributed by atoms with Crippen LogP contribution in [0.25, 0.3) is 0 Å². The molecule has 3 atom stereocenters. The largest absolute Gasteiger partial charge is 0.400 e. The number of alkyl halides is 3. The van der Waals surface area contributed by atoms with Crippen molar-refractivity contribution < 1.29 is 27.8 Å². The fourth-order valence-electron chi connectivity index (χ4n) is 1.71. The van der Waals surface area contributed by atoms with Gasteiger partial charge in [0.25, 0.3) is 0 Å². The van der Waals surface area contributed by atoms with Crippen LogP contribution in [0.3, 0.4) is 0 Å². The maximum atomic E-state index is 12.9. The molecule has 0 aromatic rings. The quantitative estimate of drug-likeness (QED) is 0.424. The average Bonchev–Trinajstić information content (AvgIpc) is 2.25. The van der Waals surface area contributed by atoms with Crippen molar-refractivity contribution in [3.63, 3.8) is 0 Å². The first-order valence-electron chi connectivity index (χ1n) is 6.45. The van der Waals surface area contributed by atoms with Crippen LogP contribution in [-0.2, 0) is 9.53 Å². The highest BCUT2D eigenvalue weighted by Gasteiger charge is 2.52. The van der Waals surface area contributed by atoms with Gasteiger partial charge in [0.2, 0.25) is 0 Å². The Morgan fingerprint density at radius 3 is 2.20 bits per heavy atom. The third-order valence-corrected chi connectivity index (χ3v) is 3.04. The molecule has 3 unspecified atom stereocenters. The van der Waals surface area contributed by atoms with E-state index in [1.165, 1.54) is 6.92 Å². The summed E-state index contributed by atoms with van der Waals surface area (Å²) in [6, 6.07) is 0. The first-order valence-corrected chi connectivity index (χ1v) is 6.45. The van der Waals surface area contributed by atoms with Gasteiger partial charge in [0.05, 0.1) is 6.10 Å². The van der Waals surface area contributed by atoms with Gasteiger partial charge in [-0.05, 0) is 38.2 Å². The number of carbonyl (C=O) groups is 1. The molecule has 0 amide bonds. The maximum Gasteiger partial charge on any atom is 0.400 e. The van der Waals surface area contributed by atoms with Gasteiger partial charge in [0, 0.05) is 0 Å². The molecule has 3 nitrogen and oxygen atoms in total. The van der Waals surface area contributed by atoms with Crippen molar-refractivity contribution in [2.75, 3.05) is 0 Å². The lowest BCUT2D eigenvalue weighted by Gasteiger charge is -2.32. The number of hydrogen-bond donors (Lipinski definition) is 1. The molecule has 0 fully saturated rings. The second-order valence-electron chi connectivity index (χ2n) is 5.82. The van der Waals surface area contributed by atoms with E-state index in [0.29, 0.717) is 12.0 Å². The van der Waals surface area contributed by atoms with Gasteiger partial charge in [-0.2, -0.15) is 13.2 Å². The van der Waals surface area contributed by atoms with Crippen molar-refractivity contribution in [2.45, 2.75) is 59.1 Å². The van der Waals surface area contributed by atoms with Crippen molar-refractivity contribution in [1.82, 2.24) is 0 Å². The third-order valence-electron chi connectivity index (χ3n) is 3.04. The first-order chi connectivity index (χ1) is 8.93. The average molecular weight is 296 g/mol. The number of halogens is 3. The SMILES string of the molecule is C=C(C)C(O)OC(CC(C)C)CC(C)(C=O)C(F)(F)F. The molecule has 20 heavy (non-hydrogen) atoms. The minimum absolute atomic E-state index is 0.0708. The Kier molecular flexibility index (Phi) is 6.90. The van der Waals surface area contributed by atoms with Crippen molar-refractivity contribution >= 4 is 6.29 Å². The van der Waals surface area contributed by atoms with E-state index in [9.17, 15) is 23.1 Å². The van der Waals surface area contributed by atoms with Crippen LogP contribution in [0.2, 0.25) is 0 Å². The Hall–Kier alpha value is -0.880. The summed E-state index contributed by atoms with van der Waals surface area (Å²) in [5.74, 6) is 0.0708. The van der Waals surface area contributed by atoms with Crippen LogP contribution in [0, 0.1) is 11.3 Å². The molecule has 118 valence electrons. The van der Waals surface area contributed by atoms with E-state index in [1.54, 1.807) is 0 Å². The number of hydrogen-bond acceptors (Lipinski definition) is 3. The zero-order chi connectivity index (χ0) is 16.1. The van der Waals surface area contributed by atoms with Crippen molar-refractivity contribution in [1.29, 1.82) is 0 Å². The summed E-state index contributed by atoms with van der Waals surface area (Å²) < 4.78 is 44.0. The fourth-order valence-corrected chi connectivity index (χ4v) is 1.71. The zero-order valence-electron chi connectivity index (χ0n) is 12.3. The predicted octanol–water partition coefficient (Wildman–Crippen LogP) is 3.47. The molecular weight excluding hydrogens is 273 g/mol. The van der Waals surface area contributed by atoms with E-state index < -0.39 is 30.4 Å². The van der Waals surface area contributed by atoms with Crippen molar-refractivity contribution in [3.05, 3.63) is 12.2 Å². The van der Waals surface area contributed by atoms with Gasteiger partial charge in [-0.1, -0.05) is 20.4 Å². The molecule has 0 rings (SSSR count). The number of rotatable bonds is 8. The summed E-state index contributed by atoms with van der Waals surface area (Å²) in [5.41, 5.74) is -2.18. The van der Waals surface area contributed by atoms with Gasteiger partial charge < -0.3 is 14.6 Å². The highest BCUT2D eigenvalue weighted by atomic mass is 19.4. The number of aldehydes is 1. The van der Waals surface area contributed by atoms with Gasteiger partial charge in [-0.25, -0.2) is 0 Å². The normalized spacial score (nSPS) is 18.4. The zero-order valence-corrected chi connectivity index (χ0v) is 12.3. The molecule has 0 aliphatic heterocycles. The molecule has 0 bridgehead atoms. The van der Waals surface area contributed by atoms with E-state index in [4.69, 9.17) is 4.74 Å². The summed E-state index contributed by atoms with van der Waals surface area (Å²) in [4.78, 5) is 10.9. The molecule has 6 heteroatoms. The molecule has 0 saturated heterocycles. The minimum Gasteiger partial charge on any atom is -0.364 e. The standard InChI is InChI=1S/C14H23F3O3/c1-9(2)6-11(20-12(19)10(3)4)7-13(5,8-18)14(15,16)17/h8-9,11-12,19H,3,6-7H2,1-2,4-5H3. The predicted molar refractivity (Wildman–Crippen MR) is 70.0 cm³/mol. The summed E-state index contributed by atoms with van der Waals surface area (Å²) in [7, 11) is 0.